The van der Waals surface area contributed by atoms with Crippen LogP contribution in [0.2, 0.25) is 0 Å². The molecule has 9 heavy (non-hydrogen) atoms. The third kappa shape index (κ3) is 2.77. The Hall–Kier alpha value is -0.150. The molecule has 0 aliphatic heterocycles. The van der Waals surface area contributed by atoms with Crippen LogP contribution in [0.1, 0.15) is 13.8 Å². The summed E-state index contributed by atoms with van der Waals surface area (Å²) in [7, 11) is -1.09. The zero-order chi connectivity index (χ0) is 7.44. The van der Waals surface area contributed by atoms with E-state index >= 15 is 0 Å². The summed E-state index contributed by atoms with van der Waals surface area (Å²) in [5, 5.41) is 10.0. The van der Waals surface area contributed by atoms with E-state index in [1.54, 1.807) is 13.8 Å². The van der Waals surface area contributed by atoms with Crippen LogP contribution >= 0.6 is 0 Å². The number of aliphatic hydroxyl groups excluding tert-OH is 1. The Kier molecular flexibility index (Phi) is 3.73. The van der Waals surface area contributed by atoms with E-state index in [1.165, 1.54) is 5.41 Å². The van der Waals surface area contributed by atoms with Crippen LogP contribution in [0.3, 0.4) is 0 Å². The lowest BCUT2D eigenvalue weighted by Crippen LogP contribution is -2.22. The zero-order valence-electron chi connectivity index (χ0n) is 5.70. The van der Waals surface area contributed by atoms with Gasteiger partial charge in [0, 0.05) is 0 Å². The van der Waals surface area contributed by atoms with Gasteiger partial charge in [-0.2, -0.15) is 0 Å². The van der Waals surface area contributed by atoms with E-state index in [4.69, 9.17) is 5.11 Å². The number of hydrogen-bond acceptors (Lipinski definition) is 2. The SMILES string of the molecule is C=CS(=O)C(C)C(C)O. The Morgan fingerprint density at radius 1 is 1.67 bits per heavy atom. The molecule has 0 radical (unpaired) electrons. The molecule has 0 aromatic carbocycles. The molecule has 0 saturated heterocycles. The van der Waals surface area contributed by atoms with E-state index in [2.05, 4.69) is 6.58 Å². The third-order valence-electron chi connectivity index (χ3n) is 1.21. The summed E-state index contributed by atoms with van der Waals surface area (Å²) in [5.74, 6) is 0. The summed E-state index contributed by atoms with van der Waals surface area (Å²) in [4.78, 5) is 0. The molecule has 0 heterocycles. The molecule has 3 atom stereocenters. The summed E-state index contributed by atoms with van der Waals surface area (Å²) >= 11 is 0. The van der Waals surface area contributed by atoms with E-state index in [-0.39, 0.29) is 5.25 Å². The Balaban J connectivity index is 3.87. The number of rotatable bonds is 3. The summed E-state index contributed by atoms with van der Waals surface area (Å²) < 4.78 is 10.8. The maximum absolute atomic E-state index is 10.8. The number of hydrogen-bond donors (Lipinski definition) is 1. The highest BCUT2D eigenvalue weighted by molar-refractivity contribution is 7.88. The van der Waals surface area contributed by atoms with Gasteiger partial charge >= 0.3 is 0 Å². The molecule has 0 aromatic rings. The predicted octanol–water partition coefficient (Wildman–Crippen LogP) is 0.648. The fourth-order valence-corrected chi connectivity index (χ4v) is 1.04. The Bertz CT molecular complexity index is 120. The molecule has 54 valence electrons. The van der Waals surface area contributed by atoms with Crippen molar-refractivity contribution >= 4 is 10.8 Å². The minimum atomic E-state index is -1.09. The third-order valence-corrected chi connectivity index (χ3v) is 2.67. The lowest BCUT2D eigenvalue weighted by molar-refractivity contribution is 0.195. The second-order valence-electron chi connectivity index (χ2n) is 1.94. The smallest absolute Gasteiger partial charge is 0.0656 e. The molecule has 0 rings (SSSR count). The van der Waals surface area contributed by atoms with E-state index in [1.807, 2.05) is 0 Å². The first-order valence-corrected chi connectivity index (χ1v) is 4.07. The van der Waals surface area contributed by atoms with Gasteiger partial charge in [0.15, 0.2) is 0 Å². The first kappa shape index (κ1) is 8.85. The quantitative estimate of drug-likeness (QED) is 0.638. The maximum Gasteiger partial charge on any atom is 0.0656 e. The topological polar surface area (TPSA) is 37.3 Å². The van der Waals surface area contributed by atoms with Crippen LogP contribution in [-0.2, 0) is 10.8 Å². The van der Waals surface area contributed by atoms with E-state index in [9.17, 15) is 4.21 Å². The van der Waals surface area contributed by atoms with Crippen molar-refractivity contribution in [2.24, 2.45) is 0 Å². The van der Waals surface area contributed by atoms with Crippen molar-refractivity contribution in [1.29, 1.82) is 0 Å². The first-order chi connectivity index (χ1) is 4.09. The van der Waals surface area contributed by atoms with Gasteiger partial charge < -0.3 is 5.11 Å². The van der Waals surface area contributed by atoms with Crippen molar-refractivity contribution in [2.75, 3.05) is 0 Å². The molecule has 1 N–H and O–H groups in total. The van der Waals surface area contributed by atoms with E-state index in [0.717, 1.165) is 0 Å². The van der Waals surface area contributed by atoms with Gasteiger partial charge in [0.1, 0.15) is 0 Å². The van der Waals surface area contributed by atoms with Crippen LogP contribution in [0.25, 0.3) is 0 Å². The molecule has 0 aromatic heterocycles. The van der Waals surface area contributed by atoms with Crippen LogP contribution in [-0.4, -0.2) is 20.7 Å². The van der Waals surface area contributed by atoms with Crippen LogP contribution in [0, 0.1) is 0 Å². The average Bonchev–Trinajstić information content (AvgIpc) is 1.84. The summed E-state index contributed by atoms with van der Waals surface area (Å²) in [6, 6.07) is 0. The minimum absolute atomic E-state index is 0.206. The van der Waals surface area contributed by atoms with Gasteiger partial charge in [0.05, 0.1) is 22.2 Å². The monoisotopic (exact) mass is 148 g/mol. The number of aliphatic hydroxyl groups is 1. The highest BCUT2D eigenvalue weighted by Crippen LogP contribution is 2.01. The molecular weight excluding hydrogens is 136 g/mol. The zero-order valence-corrected chi connectivity index (χ0v) is 6.52. The van der Waals surface area contributed by atoms with Crippen molar-refractivity contribution < 1.29 is 9.32 Å². The molecule has 0 aliphatic carbocycles. The highest BCUT2D eigenvalue weighted by Gasteiger charge is 2.12. The molecule has 0 fully saturated rings. The molecule has 0 bridgehead atoms. The van der Waals surface area contributed by atoms with Crippen LogP contribution < -0.4 is 0 Å². The minimum Gasteiger partial charge on any atom is -0.392 e. The van der Waals surface area contributed by atoms with Crippen molar-refractivity contribution in [3.05, 3.63) is 12.0 Å². The van der Waals surface area contributed by atoms with Gasteiger partial charge in [-0.25, -0.2) is 0 Å². The Labute approximate surface area is 58.0 Å². The maximum atomic E-state index is 10.8. The van der Waals surface area contributed by atoms with Gasteiger partial charge in [0.25, 0.3) is 0 Å². The van der Waals surface area contributed by atoms with Gasteiger partial charge in [-0.05, 0) is 19.3 Å². The molecule has 3 heteroatoms. The molecule has 0 amide bonds. The van der Waals surface area contributed by atoms with Gasteiger partial charge in [-0.3, -0.25) is 4.21 Å². The van der Waals surface area contributed by atoms with Crippen LogP contribution in [0.4, 0.5) is 0 Å². The van der Waals surface area contributed by atoms with E-state index < -0.39 is 16.9 Å². The van der Waals surface area contributed by atoms with Crippen LogP contribution in [0.5, 0.6) is 0 Å². The van der Waals surface area contributed by atoms with Crippen molar-refractivity contribution in [3.8, 4) is 0 Å². The Morgan fingerprint density at radius 2 is 2.11 bits per heavy atom. The highest BCUT2D eigenvalue weighted by atomic mass is 32.2. The standard InChI is InChI=1S/C6H12O2S/c1-4-9(8)6(3)5(2)7/h4-7H,1H2,2-3H3. The summed E-state index contributed by atoms with van der Waals surface area (Å²) in [5.41, 5.74) is 0. The molecule has 0 aliphatic rings. The predicted molar refractivity (Wildman–Crippen MR) is 39.5 cm³/mol. The average molecular weight is 148 g/mol. The van der Waals surface area contributed by atoms with Crippen molar-refractivity contribution in [3.63, 3.8) is 0 Å². The normalized spacial score (nSPS) is 20.3. The van der Waals surface area contributed by atoms with Crippen molar-refractivity contribution in [2.45, 2.75) is 25.2 Å². The second-order valence-corrected chi connectivity index (χ2v) is 3.67. The summed E-state index contributed by atoms with van der Waals surface area (Å²) in [6.07, 6.45) is -0.524. The van der Waals surface area contributed by atoms with E-state index in [0.29, 0.717) is 0 Å². The van der Waals surface area contributed by atoms with Gasteiger partial charge in [0.2, 0.25) is 0 Å². The van der Waals surface area contributed by atoms with Crippen molar-refractivity contribution in [1.82, 2.24) is 0 Å². The van der Waals surface area contributed by atoms with Gasteiger partial charge in [-0.1, -0.05) is 6.58 Å². The van der Waals surface area contributed by atoms with Gasteiger partial charge in [-0.15, -0.1) is 0 Å². The molecule has 0 saturated carbocycles. The first-order valence-electron chi connectivity index (χ1n) is 2.79. The fraction of sp³-hybridized carbons (Fsp3) is 0.667. The fourth-order valence-electron chi connectivity index (χ4n) is 0.346. The molecule has 2 nitrogen and oxygen atoms in total. The molecular formula is C6H12O2S. The summed E-state index contributed by atoms with van der Waals surface area (Å²) in [6.45, 7) is 6.69. The second kappa shape index (κ2) is 3.80. The lowest BCUT2D eigenvalue weighted by Gasteiger charge is -2.09. The molecule has 3 unspecified atom stereocenters. The van der Waals surface area contributed by atoms with Crippen LogP contribution in [0.15, 0.2) is 12.0 Å². The molecule has 0 spiro atoms. The lowest BCUT2D eigenvalue weighted by atomic mass is 10.3. The largest absolute Gasteiger partial charge is 0.392 e. The Morgan fingerprint density at radius 3 is 2.22 bits per heavy atom.